The van der Waals surface area contributed by atoms with Gasteiger partial charge in [-0.25, -0.2) is 28.6 Å². The number of nitrogens with zero attached hydrogens (tertiary/aromatic N) is 4. The lowest BCUT2D eigenvalue weighted by Crippen LogP contribution is -2.46. The molecule has 29 heteroatoms. The predicted molar refractivity (Wildman–Crippen MR) is 274 cm³/mol. The van der Waals surface area contributed by atoms with Gasteiger partial charge in [-0.3, -0.25) is 37.3 Å². The highest BCUT2D eigenvalue weighted by molar-refractivity contribution is 8.13. The fourth-order valence-corrected chi connectivity index (χ4v) is 10.2. The number of nitrogens with one attached hydrogen (secondary N) is 2. The van der Waals surface area contributed by atoms with E-state index in [0.29, 0.717) is 6.42 Å². The van der Waals surface area contributed by atoms with Crippen LogP contribution in [0.1, 0.15) is 104 Å². The molecule has 7 atom stereocenters. The van der Waals surface area contributed by atoms with Gasteiger partial charge in [0, 0.05) is 37.1 Å². The van der Waals surface area contributed by atoms with Crippen LogP contribution in [0, 0.1) is 5.41 Å². The fraction of sp³-hybridized carbons (Fsp3) is 0.578. The van der Waals surface area contributed by atoms with E-state index < -0.39 is 84.6 Å². The number of unbranched alkanes of at least 4 members (excludes halogenated alkanes) is 3. The third kappa shape index (κ3) is 24.7. The summed E-state index contributed by atoms with van der Waals surface area (Å²) in [7, 11) is -16.5. The Morgan fingerprint density at radius 2 is 1.46 bits per heavy atom. The number of anilines is 1. The highest BCUT2D eigenvalue weighted by Gasteiger charge is 2.50. The Bertz CT molecular complexity index is 2430. The van der Waals surface area contributed by atoms with E-state index in [1.54, 1.807) is 0 Å². The van der Waals surface area contributed by atoms with Crippen LogP contribution in [-0.4, -0.2) is 128 Å². The van der Waals surface area contributed by atoms with Crippen LogP contribution >= 0.6 is 35.2 Å². The number of rotatable bonds is 36. The summed E-state index contributed by atoms with van der Waals surface area (Å²) >= 11 is 0.905. The number of ketones is 1. The van der Waals surface area contributed by atoms with E-state index in [1.807, 2.05) is 12.2 Å². The minimum absolute atomic E-state index is 0.0229. The van der Waals surface area contributed by atoms with Gasteiger partial charge in [-0.2, -0.15) is 4.31 Å². The zero-order valence-electron chi connectivity index (χ0n) is 41.5. The number of aliphatic hydroxyl groups is 2. The van der Waals surface area contributed by atoms with Gasteiger partial charge in [-0.1, -0.05) is 106 Å². The maximum Gasteiger partial charge on any atom is 0.481 e. The van der Waals surface area contributed by atoms with E-state index in [4.69, 9.17) is 19.5 Å². The number of fused-ring (bicyclic) bond motifs is 1. The lowest BCUT2D eigenvalue weighted by molar-refractivity contribution is -0.137. The van der Waals surface area contributed by atoms with Crippen molar-refractivity contribution in [1.29, 1.82) is 0 Å². The maximum atomic E-state index is 12.8. The molecule has 0 aliphatic carbocycles. The standard InChI is InChI=1S/C45H70N7O18P3S/c1-4-5-6-7-8-9-10-11-12-13-14-15-16-17-18-19-20-21-22-23-33(53)28-36(55)74-27-26-47-35(54)24-25-48-43(58)40(57)45(2,3)30-67-73(64,65)70-72(62,63)66-29-34-39(69-71(59,60)61)38(56)44(68-34)52-32-51-37-41(46)49-31-50-42(37)52/h8-9,11-12,14-15,17-18,20-21,31-32,34,38-40,44,56-57H,4-7,10,13,16,19,22-30H2,1-3H3,(H,47,54)(H,48,58)(H,62,63)(H,64,65)(H2,46,49,50)(H2,59,60,61). The molecule has 7 unspecified atom stereocenters. The van der Waals surface area contributed by atoms with Crippen LogP contribution in [0.2, 0.25) is 0 Å². The number of phosphoric ester groups is 3. The van der Waals surface area contributed by atoms with E-state index >= 15 is 0 Å². The molecule has 25 nitrogen and oxygen atoms in total. The van der Waals surface area contributed by atoms with Crippen molar-refractivity contribution in [3.8, 4) is 0 Å². The number of nitrogens with two attached hydrogens (primary N) is 1. The number of carbonyl (C=O) groups is 4. The molecule has 2 aromatic heterocycles. The Hall–Kier alpha value is -4.07. The topological polar surface area (TPSA) is 381 Å². The van der Waals surface area contributed by atoms with Crippen molar-refractivity contribution in [2.75, 3.05) is 37.8 Å². The fourth-order valence-electron chi connectivity index (χ4n) is 6.67. The van der Waals surface area contributed by atoms with Crippen LogP contribution in [0.4, 0.5) is 5.82 Å². The number of thioether (sulfide) groups is 1. The second-order valence-corrected chi connectivity index (χ2v) is 22.7. The van der Waals surface area contributed by atoms with Gasteiger partial charge in [-0.15, -0.1) is 0 Å². The number of Topliss-reactive ketones (excluding diaryl/α,β-unsaturated/α-hetero) is 1. The molecule has 0 radical (unpaired) electrons. The zero-order chi connectivity index (χ0) is 54.8. The summed E-state index contributed by atoms with van der Waals surface area (Å²) in [5.74, 6) is -1.54. The number of allylic oxidation sites excluding steroid dienone is 10. The molecular weight excluding hydrogens is 1050 g/mol. The maximum absolute atomic E-state index is 12.8. The molecule has 10 N–H and O–H groups in total. The summed E-state index contributed by atoms with van der Waals surface area (Å²) in [6, 6.07) is 0. The van der Waals surface area contributed by atoms with Crippen LogP contribution in [0.25, 0.3) is 11.2 Å². The largest absolute Gasteiger partial charge is 0.481 e. The van der Waals surface area contributed by atoms with Crippen LogP contribution in [0.5, 0.6) is 0 Å². The van der Waals surface area contributed by atoms with Gasteiger partial charge in [0.25, 0.3) is 0 Å². The van der Waals surface area contributed by atoms with E-state index in [-0.39, 0.29) is 66.0 Å². The van der Waals surface area contributed by atoms with E-state index in [9.17, 15) is 62.7 Å². The lowest BCUT2D eigenvalue weighted by atomic mass is 9.87. The van der Waals surface area contributed by atoms with Crippen molar-refractivity contribution < 1.29 is 85.3 Å². The molecule has 2 aromatic rings. The minimum atomic E-state index is -5.60. The average Bonchev–Trinajstić information content (AvgIpc) is 3.89. The van der Waals surface area contributed by atoms with Gasteiger partial charge in [-0.05, 0) is 44.9 Å². The summed E-state index contributed by atoms with van der Waals surface area (Å²) in [4.78, 5) is 101. The highest BCUT2D eigenvalue weighted by Crippen LogP contribution is 2.61. The van der Waals surface area contributed by atoms with Crippen molar-refractivity contribution in [3.63, 3.8) is 0 Å². The van der Waals surface area contributed by atoms with Gasteiger partial charge in [0.15, 0.2) is 22.8 Å². The zero-order valence-corrected chi connectivity index (χ0v) is 45.0. The monoisotopic (exact) mass is 1120 g/mol. The van der Waals surface area contributed by atoms with Gasteiger partial charge in [0.1, 0.15) is 42.0 Å². The molecule has 3 rings (SSSR count). The number of amides is 2. The summed E-state index contributed by atoms with van der Waals surface area (Å²) in [5.41, 5.74) is 4.23. The van der Waals surface area contributed by atoms with Crippen LogP contribution < -0.4 is 16.4 Å². The van der Waals surface area contributed by atoms with Gasteiger partial charge >= 0.3 is 23.5 Å². The Kier molecular flexibility index (Phi) is 28.2. The van der Waals surface area contributed by atoms with Gasteiger partial charge < -0.3 is 50.9 Å². The normalized spacial score (nSPS) is 19.8. The first-order chi connectivity index (χ1) is 34.9. The van der Waals surface area contributed by atoms with Crippen LogP contribution in [0.3, 0.4) is 0 Å². The number of imidazole rings is 1. The Balaban J connectivity index is 1.28. The molecule has 74 heavy (non-hydrogen) atoms. The lowest BCUT2D eigenvalue weighted by Gasteiger charge is -2.30. The molecular formula is C45H70N7O18P3S. The first kappa shape index (κ1) is 64.2. The molecule has 1 fully saturated rings. The molecule has 0 spiro atoms. The molecule has 2 amide bonds. The van der Waals surface area contributed by atoms with Crippen LogP contribution in [-0.2, 0) is 55.5 Å². The first-order valence-corrected chi connectivity index (χ1v) is 29.3. The molecule has 1 aliphatic heterocycles. The summed E-state index contributed by atoms with van der Waals surface area (Å²) in [6.45, 7) is 2.48. The number of hydrogen-bond donors (Lipinski definition) is 9. The van der Waals surface area contributed by atoms with E-state index in [2.05, 4.69) is 90.0 Å². The molecule has 3 heterocycles. The molecule has 1 saturated heterocycles. The predicted octanol–water partition coefficient (Wildman–Crippen LogP) is 5.33. The number of aromatic nitrogens is 4. The summed E-state index contributed by atoms with van der Waals surface area (Å²) in [5, 5.41) is 26.2. The number of aliphatic hydroxyl groups excluding tert-OH is 2. The highest BCUT2D eigenvalue weighted by atomic mass is 32.2. The third-order valence-corrected chi connectivity index (χ3v) is 14.6. The van der Waals surface area contributed by atoms with E-state index in [1.165, 1.54) is 33.1 Å². The van der Waals surface area contributed by atoms with Crippen LogP contribution in [0.15, 0.2) is 73.4 Å². The molecule has 0 aromatic carbocycles. The van der Waals surface area contributed by atoms with Crippen molar-refractivity contribution in [3.05, 3.63) is 73.4 Å². The third-order valence-electron chi connectivity index (χ3n) is 10.6. The molecule has 0 bridgehead atoms. The van der Waals surface area contributed by atoms with Crippen molar-refractivity contribution >= 4 is 74.9 Å². The number of phosphoric acid groups is 3. The summed E-state index contributed by atoms with van der Waals surface area (Å²) in [6.07, 6.45) is 22.9. The number of carbonyl (C=O) groups excluding carboxylic acids is 4. The Morgan fingerprint density at radius 3 is 2.08 bits per heavy atom. The summed E-state index contributed by atoms with van der Waals surface area (Å²) < 4.78 is 62.4. The Labute approximate surface area is 434 Å². The van der Waals surface area contributed by atoms with Gasteiger partial charge in [0.05, 0.1) is 26.0 Å². The smallest absolute Gasteiger partial charge is 0.386 e. The quantitative estimate of drug-likeness (QED) is 0.0180. The number of ether oxygens (including phenoxy) is 1. The van der Waals surface area contributed by atoms with Gasteiger partial charge in [0.2, 0.25) is 11.8 Å². The van der Waals surface area contributed by atoms with Crippen molar-refractivity contribution in [2.24, 2.45) is 5.41 Å². The Morgan fingerprint density at radius 1 is 0.851 bits per heavy atom. The van der Waals surface area contributed by atoms with E-state index in [0.717, 1.165) is 61.1 Å². The number of nitrogen functional groups attached to an aromatic ring is 1. The molecule has 0 saturated carbocycles. The second-order valence-electron chi connectivity index (χ2n) is 17.3. The first-order valence-electron chi connectivity index (χ1n) is 23.8. The SMILES string of the molecule is CCCCCC=CCC=CCC=CCC=CCC=CCCC(=O)CC(=O)SCCNC(=O)CCNC(=O)C(O)C(C)(C)COP(=O)(O)OP(=O)(O)OCC1OC(n2cnc3c(N)ncnc32)C(O)C1OP(=O)(O)O. The number of hydrogen-bond acceptors (Lipinski definition) is 19. The molecule has 414 valence electrons. The second kappa shape index (κ2) is 32.5. The van der Waals surface area contributed by atoms with Crippen molar-refractivity contribution in [1.82, 2.24) is 30.2 Å². The van der Waals surface area contributed by atoms with Crippen molar-refractivity contribution in [2.45, 2.75) is 128 Å². The average molecular weight is 1120 g/mol. The minimum Gasteiger partial charge on any atom is -0.386 e. The molecule has 1 aliphatic rings.